The fraction of sp³-hybridized carbons (Fsp3) is 0.154. The van der Waals surface area contributed by atoms with Crippen molar-refractivity contribution in [2.75, 3.05) is 6.54 Å². The predicted octanol–water partition coefficient (Wildman–Crippen LogP) is 2.02. The summed E-state index contributed by atoms with van der Waals surface area (Å²) in [6.45, 7) is 0.391. The van der Waals surface area contributed by atoms with E-state index < -0.39 is 0 Å². The minimum Gasteiger partial charge on any atom is -0.370 e. The molecule has 1 aliphatic rings. The lowest BCUT2D eigenvalue weighted by atomic mass is 10.1. The van der Waals surface area contributed by atoms with Crippen LogP contribution in [0.15, 0.2) is 35.1 Å². The summed E-state index contributed by atoms with van der Waals surface area (Å²) in [4.78, 5) is 4.28. The Morgan fingerprint density at radius 3 is 3.00 bits per heavy atom. The van der Waals surface area contributed by atoms with Crippen molar-refractivity contribution in [3.8, 4) is 12.3 Å². The van der Waals surface area contributed by atoms with E-state index in [0.717, 1.165) is 5.56 Å². The predicted molar refractivity (Wildman–Crippen MR) is 78.9 cm³/mol. The number of benzene rings is 1. The van der Waals surface area contributed by atoms with E-state index in [1.807, 2.05) is 18.2 Å². The average Bonchev–Trinajstić information content (AvgIpc) is 2.39. The number of nitrogens with two attached hydrogens (primary N) is 1. The van der Waals surface area contributed by atoms with Crippen LogP contribution in [0.2, 0.25) is 10.0 Å². The number of aliphatic imine (C=N–C) groups is 1. The molecule has 0 radical (unpaired) electrons. The first kappa shape index (κ1) is 13.6. The van der Waals surface area contributed by atoms with Crippen LogP contribution in [-0.2, 0) is 0 Å². The van der Waals surface area contributed by atoms with E-state index in [0.29, 0.717) is 28.4 Å². The summed E-state index contributed by atoms with van der Waals surface area (Å²) in [5.41, 5.74) is 6.53. The van der Waals surface area contributed by atoms with Crippen LogP contribution in [0.5, 0.6) is 0 Å². The quantitative estimate of drug-likeness (QED) is 0.748. The van der Waals surface area contributed by atoms with E-state index in [4.69, 9.17) is 35.4 Å². The Labute approximate surface area is 121 Å². The van der Waals surface area contributed by atoms with Gasteiger partial charge in [-0.1, -0.05) is 41.3 Å². The van der Waals surface area contributed by atoms with Gasteiger partial charge in [-0.2, -0.15) is 0 Å². The average molecular weight is 295 g/mol. The first-order valence-electron chi connectivity index (χ1n) is 5.55. The molecule has 0 spiro atoms. The van der Waals surface area contributed by atoms with E-state index in [2.05, 4.69) is 21.5 Å². The van der Waals surface area contributed by atoms with E-state index in [1.54, 1.807) is 6.07 Å². The zero-order valence-electron chi connectivity index (χ0n) is 9.95. The lowest BCUT2D eigenvalue weighted by Gasteiger charge is -2.21. The van der Waals surface area contributed by atoms with Gasteiger partial charge in [-0.25, -0.2) is 4.99 Å². The van der Waals surface area contributed by atoms with Gasteiger partial charge in [0.25, 0.3) is 0 Å². The van der Waals surface area contributed by atoms with Crippen molar-refractivity contribution < 1.29 is 0 Å². The molecule has 4 nitrogen and oxygen atoms in total. The third kappa shape index (κ3) is 3.14. The highest BCUT2D eigenvalue weighted by Gasteiger charge is 2.18. The normalized spacial score (nSPS) is 17.8. The number of halogens is 2. The standard InChI is InChI=1S/C13H12Cl2N4/c1-2-6-17-11-7-10(18-13(16)19-11)8-4-3-5-9(14)12(8)15/h1,3-5,7,10,17H,6H2,(H3,16,18,19). The maximum atomic E-state index is 6.18. The van der Waals surface area contributed by atoms with Gasteiger partial charge in [-0.3, -0.25) is 0 Å². The highest BCUT2D eigenvalue weighted by Crippen LogP contribution is 2.33. The molecular weight excluding hydrogens is 283 g/mol. The maximum Gasteiger partial charge on any atom is 0.195 e. The summed E-state index contributed by atoms with van der Waals surface area (Å²) in [5, 5.41) is 6.86. The van der Waals surface area contributed by atoms with Crippen LogP contribution in [0.4, 0.5) is 0 Å². The van der Waals surface area contributed by atoms with Gasteiger partial charge in [-0.15, -0.1) is 6.42 Å². The Bertz CT molecular complexity index is 587. The third-order valence-electron chi connectivity index (χ3n) is 2.55. The topological polar surface area (TPSA) is 62.4 Å². The van der Waals surface area contributed by atoms with Crippen LogP contribution in [0.3, 0.4) is 0 Å². The first-order chi connectivity index (χ1) is 9.11. The largest absolute Gasteiger partial charge is 0.370 e. The molecule has 1 aromatic rings. The SMILES string of the molecule is C#CCNC1=CC(c2cccc(Cl)c2Cl)N=C(N)N1. The molecule has 0 saturated heterocycles. The summed E-state index contributed by atoms with van der Waals surface area (Å²) in [7, 11) is 0. The Morgan fingerprint density at radius 1 is 1.47 bits per heavy atom. The van der Waals surface area contributed by atoms with Gasteiger partial charge in [0.1, 0.15) is 11.9 Å². The van der Waals surface area contributed by atoms with Gasteiger partial charge >= 0.3 is 0 Å². The second kappa shape index (κ2) is 5.87. The second-order valence-corrected chi connectivity index (χ2v) is 4.65. The van der Waals surface area contributed by atoms with Crippen molar-refractivity contribution in [2.24, 2.45) is 10.7 Å². The molecule has 0 saturated carbocycles. The number of hydrogen-bond donors (Lipinski definition) is 3. The zero-order valence-corrected chi connectivity index (χ0v) is 11.5. The minimum atomic E-state index is -0.298. The van der Waals surface area contributed by atoms with Gasteiger partial charge in [0.05, 0.1) is 16.6 Å². The molecule has 2 rings (SSSR count). The molecule has 19 heavy (non-hydrogen) atoms. The van der Waals surface area contributed by atoms with Crippen molar-refractivity contribution in [1.82, 2.24) is 10.6 Å². The van der Waals surface area contributed by atoms with Gasteiger partial charge in [-0.05, 0) is 12.1 Å². The molecule has 0 amide bonds. The molecule has 1 aliphatic heterocycles. The molecular formula is C13H12Cl2N4. The summed E-state index contributed by atoms with van der Waals surface area (Å²) in [5.74, 6) is 3.48. The van der Waals surface area contributed by atoms with Crippen molar-refractivity contribution >= 4 is 29.2 Å². The smallest absolute Gasteiger partial charge is 0.195 e. The first-order valence-corrected chi connectivity index (χ1v) is 6.30. The van der Waals surface area contributed by atoms with E-state index in [1.165, 1.54) is 0 Å². The fourth-order valence-corrected chi connectivity index (χ4v) is 2.13. The molecule has 1 atom stereocenters. The molecule has 4 N–H and O–H groups in total. The van der Waals surface area contributed by atoms with Crippen molar-refractivity contribution in [1.29, 1.82) is 0 Å². The number of guanidine groups is 1. The Kier molecular flexibility index (Phi) is 4.20. The highest BCUT2D eigenvalue weighted by atomic mass is 35.5. The molecule has 1 aromatic carbocycles. The van der Waals surface area contributed by atoms with Gasteiger partial charge in [0, 0.05) is 5.56 Å². The summed E-state index contributed by atoms with van der Waals surface area (Å²) in [6, 6.07) is 5.10. The number of nitrogens with one attached hydrogen (secondary N) is 2. The molecule has 0 bridgehead atoms. The maximum absolute atomic E-state index is 6.18. The number of rotatable bonds is 3. The number of hydrogen-bond acceptors (Lipinski definition) is 4. The van der Waals surface area contributed by atoms with E-state index >= 15 is 0 Å². The van der Waals surface area contributed by atoms with Crippen LogP contribution in [0.1, 0.15) is 11.6 Å². The molecule has 0 aliphatic carbocycles. The fourth-order valence-electron chi connectivity index (χ4n) is 1.71. The molecule has 1 heterocycles. The number of nitrogens with zero attached hydrogens (tertiary/aromatic N) is 1. The zero-order chi connectivity index (χ0) is 13.8. The molecule has 0 aromatic heterocycles. The van der Waals surface area contributed by atoms with E-state index in [9.17, 15) is 0 Å². The van der Waals surface area contributed by atoms with Crippen LogP contribution >= 0.6 is 23.2 Å². The van der Waals surface area contributed by atoms with Crippen LogP contribution in [-0.4, -0.2) is 12.5 Å². The number of terminal acetylenes is 1. The summed E-state index contributed by atoms with van der Waals surface area (Å²) < 4.78 is 0. The minimum absolute atomic E-state index is 0.295. The van der Waals surface area contributed by atoms with Crippen LogP contribution in [0, 0.1) is 12.3 Å². The van der Waals surface area contributed by atoms with Crippen molar-refractivity contribution in [3.63, 3.8) is 0 Å². The highest BCUT2D eigenvalue weighted by molar-refractivity contribution is 6.42. The Balaban J connectivity index is 2.32. The summed E-state index contributed by atoms with van der Waals surface area (Å²) in [6.07, 6.45) is 7.05. The van der Waals surface area contributed by atoms with Crippen molar-refractivity contribution in [3.05, 3.63) is 45.7 Å². The van der Waals surface area contributed by atoms with Crippen LogP contribution < -0.4 is 16.4 Å². The molecule has 1 unspecified atom stereocenters. The van der Waals surface area contributed by atoms with E-state index in [-0.39, 0.29) is 6.04 Å². The second-order valence-electron chi connectivity index (χ2n) is 3.87. The van der Waals surface area contributed by atoms with Gasteiger partial charge < -0.3 is 16.4 Å². The lowest BCUT2D eigenvalue weighted by Crippen LogP contribution is -2.39. The molecule has 0 fully saturated rings. The lowest BCUT2D eigenvalue weighted by molar-refractivity contribution is 0.763. The van der Waals surface area contributed by atoms with Gasteiger partial charge in [0.15, 0.2) is 5.96 Å². The Morgan fingerprint density at radius 2 is 2.26 bits per heavy atom. The van der Waals surface area contributed by atoms with Crippen molar-refractivity contribution in [2.45, 2.75) is 6.04 Å². The summed E-state index contributed by atoms with van der Waals surface area (Å²) >= 11 is 12.2. The molecule has 6 heteroatoms. The van der Waals surface area contributed by atoms with Crippen LogP contribution in [0.25, 0.3) is 0 Å². The monoisotopic (exact) mass is 294 g/mol. The third-order valence-corrected chi connectivity index (χ3v) is 3.38. The van der Waals surface area contributed by atoms with Gasteiger partial charge in [0.2, 0.25) is 0 Å². The Hall–Kier alpha value is -1.83. The molecule has 98 valence electrons.